The van der Waals surface area contributed by atoms with E-state index in [1.807, 2.05) is 13.8 Å². The van der Waals surface area contributed by atoms with Crippen molar-refractivity contribution in [3.8, 4) is 0 Å². The zero-order chi connectivity index (χ0) is 11.9. The summed E-state index contributed by atoms with van der Waals surface area (Å²) in [6, 6.07) is -0.610. The van der Waals surface area contributed by atoms with Gasteiger partial charge in [-0.05, 0) is 31.6 Å². The molecule has 0 aromatic carbocycles. The SMILES string of the molecule is CCC1NC(=O)C(C)N(CC2CC2C)C1=O. The Hall–Kier alpha value is -1.06. The fourth-order valence-electron chi connectivity index (χ4n) is 2.32. The van der Waals surface area contributed by atoms with Crippen LogP contribution in [0.2, 0.25) is 0 Å². The van der Waals surface area contributed by atoms with Gasteiger partial charge >= 0.3 is 0 Å². The number of carbonyl (C=O) groups is 2. The van der Waals surface area contributed by atoms with Crippen LogP contribution in [0.15, 0.2) is 0 Å². The van der Waals surface area contributed by atoms with Crippen LogP contribution in [0, 0.1) is 11.8 Å². The Morgan fingerprint density at radius 2 is 2.00 bits per heavy atom. The lowest BCUT2D eigenvalue weighted by Gasteiger charge is -2.37. The van der Waals surface area contributed by atoms with E-state index in [0.717, 1.165) is 6.54 Å². The van der Waals surface area contributed by atoms with Crippen LogP contribution in [0.3, 0.4) is 0 Å². The predicted molar refractivity (Wildman–Crippen MR) is 60.7 cm³/mol. The summed E-state index contributed by atoms with van der Waals surface area (Å²) in [4.78, 5) is 25.6. The van der Waals surface area contributed by atoms with Gasteiger partial charge < -0.3 is 10.2 Å². The van der Waals surface area contributed by atoms with Crippen molar-refractivity contribution in [2.45, 2.75) is 45.7 Å². The maximum atomic E-state index is 12.1. The van der Waals surface area contributed by atoms with E-state index in [-0.39, 0.29) is 23.9 Å². The van der Waals surface area contributed by atoms with Crippen LogP contribution in [-0.4, -0.2) is 35.3 Å². The molecule has 0 radical (unpaired) electrons. The number of carbonyl (C=O) groups excluding carboxylic acids is 2. The normalized spacial score (nSPS) is 38.6. The third-order valence-corrected chi connectivity index (χ3v) is 3.86. The quantitative estimate of drug-likeness (QED) is 0.769. The standard InChI is InChI=1S/C12H20N2O2/c1-4-10-12(16)14(6-9-5-7(9)2)8(3)11(15)13-10/h7-10H,4-6H2,1-3H3,(H,13,15). The molecule has 2 fully saturated rings. The highest BCUT2D eigenvalue weighted by molar-refractivity contribution is 5.96. The second-order valence-corrected chi connectivity index (χ2v) is 5.11. The highest BCUT2D eigenvalue weighted by Crippen LogP contribution is 2.38. The lowest BCUT2D eigenvalue weighted by atomic mass is 10.1. The van der Waals surface area contributed by atoms with Gasteiger partial charge in [-0.2, -0.15) is 0 Å². The number of nitrogens with one attached hydrogen (secondary N) is 1. The van der Waals surface area contributed by atoms with E-state index in [9.17, 15) is 9.59 Å². The van der Waals surface area contributed by atoms with Crippen LogP contribution >= 0.6 is 0 Å². The Morgan fingerprint density at radius 1 is 1.38 bits per heavy atom. The number of rotatable bonds is 3. The number of piperazine rings is 1. The molecule has 1 aliphatic heterocycles. The minimum atomic E-state index is -0.308. The first-order valence-corrected chi connectivity index (χ1v) is 6.15. The van der Waals surface area contributed by atoms with E-state index in [4.69, 9.17) is 0 Å². The number of amides is 2. The van der Waals surface area contributed by atoms with Gasteiger partial charge in [-0.3, -0.25) is 9.59 Å². The fraction of sp³-hybridized carbons (Fsp3) is 0.833. The lowest BCUT2D eigenvalue weighted by Crippen LogP contribution is -2.62. The molecule has 0 aromatic rings. The summed E-state index contributed by atoms with van der Waals surface area (Å²) in [7, 11) is 0. The number of hydrogen-bond donors (Lipinski definition) is 1. The van der Waals surface area contributed by atoms with Crippen molar-refractivity contribution in [1.29, 1.82) is 0 Å². The van der Waals surface area contributed by atoms with Crippen LogP contribution in [0.1, 0.15) is 33.6 Å². The van der Waals surface area contributed by atoms with Gasteiger partial charge in [0.15, 0.2) is 0 Å². The van der Waals surface area contributed by atoms with Gasteiger partial charge in [-0.15, -0.1) is 0 Å². The second kappa shape index (κ2) is 4.07. The molecular weight excluding hydrogens is 204 g/mol. The largest absolute Gasteiger partial charge is 0.343 e. The molecule has 2 amide bonds. The minimum absolute atomic E-state index is 0.0141. The van der Waals surface area contributed by atoms with Crippen molar-refractivity contribution >= 4 is 11.8 Å². The first kappa shape index (κ1) is 11.4. The van der Waals surface area contributed by atoms with Gasteiger partial charge in [-0.25, -0.2) is 0 Å². The topological polar surface area (TPSA) is 49.4 Å². The molecule has 1 N–H and O–H groups in total. The van der Waals surface area contributed by atoms with E-state index < -0.39 is 0 Å². The van der Waals surface area contributed by atoms with Crippen LogP contribution in [0.4, 0.5) is 0 Å². The number of nitrogens with zero attached hydrogens (tertiary/aromatic N) is 1. The van der Waals surface area contributed by atoms with Crippen molar-refractivity contribution in [3.05, 3.63) is 0 Å². The van der Waals surface area contributed by atoms with Crippen molar-refractivity contribution in [2.75, 3.05) is 6.54 Å². The maximum absolute atomic E-state index is 12.1. The van der Waals surface area contributed by atoms with Gasteiger partial charge in [0.1, 0.15) is 12.1 Å². The van der Waals surface area contributed by atoms with Gasteiger partial charge in [0.25, 0.3) is 0 Å². The molecule has 2 aliphatic rings. The number of hydrogen-bond acceptors (Lipinski definition) is 2. The molecule has 1 saturated carbocycles. The molecule has 1 heterocycles. The summed E-state index contributed by atoms with van der Waals surface area (Å²) in [5.74, 6) is 1.40. The molecule has 4 unspecified atom stereocenters. The molecule has 1 saturated heterocycles. The average Bonchev–Trinajstić information content (AvgIpc) is 2.95. The smallest absolute Gasteiger partial charge is 0.245 e. The first-order chi connectivity index (χ1) is 7.54. The van der Waals surface area contributed by atoms with Crippen molar-refractivity contribution in [1.82, 2.24) is 10.2 Å². The molecule has 0 bridgehead atoms. The summed E-state index contributed by atoms with van der Waals surface area (Å²) in [6.45, 7) is 6.69. The van der Waals surface area contributed by atoms with E-state index in [1.54, 1.807) is 4.90 Å². The zero-order valence-electron chi connectivity index (χ0n) is 10.2. The highest BCUT2D eigenvalue weighted by atomic mass is 16.2. The van der Waals surface area contributed by atoms with Crippen LogP contribution in [0.5, 0.6) is 0 Å². The highest BCUT2D eigenvalue weighted by Gasteiger charge is 2.42. The third-order valence-electron chi connectivity index (χ3n) is 3.86. The summed E-state index contributed by atoms with van der Waals surface area (Å²) in [5, 5.41) is 2.77. The Balaban J connectivity index is 2.06. The summed E-state index contributed by atoms with van der Waals surface area (Å²) < 4.78 is 0. The van der Waals surface area contributed by atoms with Gasteiger partial charge in [0.05, 0.1) is 0 Å². The van der Waals surface area contributed by atoms with Gasteiger partial charge in [-0.1, -0.05) is 13.8 Å². The minimum Gasteiger partial charge on any atom is -0.343 e. The molecule has 0 aromatic heterocycles. The second-order valence-electron chi connectivity index (χ2n) is 5.11. The third kappa shape index (κ3) is 1.93. The lowest BCUT2D eigenvalue weighted by molar-refractivity contribution is -0.149. The monoisotopic (exact) mass is 224 g/mol. The molecule has 4 heteroatoms. The summed E-state index contributed by atoms with van der Waals surface area (Å²) in [6.07, 6.45) is 1.86. The molecule has 16 heavy (non-hydrogen) atoms. The fourth-order valence-corrected chi connectivity index (χ4v) is 2.32. The van der Waals surface area contributed by atoms with Crippen molar-refractivity contribution in [2.24, 2.45) is 11.8 Å². The van der Waals surface area contributed by atoms with Crippen LogP contribution in [0.25, 0.3) is 0 Å². The van der Waals surface area contributed by atoms with E-state index in [2.05, 4.69) is 12.2 Å². The summed E-state index contributed by atoms with van der Waals surface area (Å²) >= 11 is 0. The van der Waals surface area contributed by atoms with Gasteiger partial charge in [0, 0.05) is 6.54 Å². The Kier molecular flexibility index (Phi) is 2.91. The molecule has 90 valence electrons. The van der Waals surface area contributed by atoms with E-state index in [0.29, 0.717) is 18.3 Å². The van der Waals surface area contributed by atoms with Crippen LogP contribution in [-0.2, 0) is 9.59 Å². The van der Waals surface area contributed by atoms with Crippen molar-refractivity contribution < 1.29 is 9.59 Å². The van der Waals surface area contributed by atoms with E-state index in [1.165, 1.54) is 6.42 Å². The van der Waals surface area contributed by atoms with E-state index >= 15 is 0 Å². The zero-order valence-corrected chi connectivity index (χ0v) is 10.2. The molecule has 0 spiro atoms. The molecular formula is C12H20N2O2. The van der Waals surface area contributed by atoms with Crippen molar-refractivity contribution in [3.63, 3.8) is 0 Å². The maximum Gasteiger partial charge on any atom is 0.245 e. The Morgan fingerprint density at radius 3 is 2.50 bits per heavy atom. The molecule has 2 rings (SSSR count). The average molecular weight is 224 g/mol. The van der Waals surface area contributed by atoms with Gasteiger partial charge in [0.2, 0.25) is 11.8 Å². The first-order valence-electron chi connectivity index (χ1n) is 6.15. The molecule has 4 nitrogen and oxygen atoms in total. The Bertz CT molecular complexity index is 316. The van der Waals surface area contributed by atoms with Crippen LogP contribution < -0.4 is 5.32 Å². The molecule has 1 aliphatic carbocycles. The predicted octanol–water partition coefficient (Wildman–Crippen LogP) is 0.768. The molecule has 4 atom stereocenters. The summed E-state index contributed by atoms with van der Waals surface area (Å²) in [5.41, 5.74) is 0. The Labute approximate surface area is 96.4 Å².